The Morgan fingerprint density at radius 1 is 1.41 bits per heavy atom. The van der Waals surface area contributed by atoms with E-state index in [2.05, 4.69) is 4.98 Å². The lowest BCUT2D eigenvalue weighted by Gasteiger charge is -2.10. The maximum absolute atomic E-state index is 11.9. The summed E-state index contributed by atoms with van der Waals surface area (Å²) in [6.45, 7) is 6.09. The Labute approximate surface area is 135 Å². The molecule has 1 aromatic heterocycles. The summed E-state index contributed by atoms with van der Waals surface area (Å²) in [4.78, 5) is 16.4. The van der Waals surface area contributed by atoms with Gasteiger partial charge in [-0.2, -0.15) is 0 Å². The summed E-state index contributed by atoms with van der Waals surface area (Å²) in [6.07, 6.45) is 5.70. The Morgan fingerprint density at radius 3 is 2.68 bits per heavy atom. The monoisotopic (exact) mass is 318 g/mol. The van der Waals surface area contributed by atoms with Crippen molar-refractivity contribution in [3.05, 3.63) is 59.2 Å². The summed E-state index contributed by atoms with van der Waals surface area (Å²) in [5, 5.41) is 0.664. The number of benzene rings is 1. The van der Waals surface area contributed by atoms with Crippen LogP contribution in [0.2, 0.25) is 5.02 Å². The molecule has 22 heavy (non-hydrogen) atoms. The quantitative estimate of drug-likeness (QED) is 0.607. The van der Waals surface area contributed by atoms with Crippen molar-refractivity contribution in [2.24, 2.45) is 0 Å². The molecule has 0 radical (unpaired) electrons. The van der Waals surface area contributed by atoms with E-state index in [-0.39, 0.29) is 5.92 Å². The smallest absolute Gasteiger partial charge is 0.358 e. The molecule has 0 N–H and O–H groups in total. The predicted octanol–water partition coefficient (Wildman–Crippen LogP) is 4.38. The largest absolute Gasteiger partial charge is 0.461 e. The van der Waals surface area contributed by atoms with E-state index in [1.54, 1.807) is 13.1 Å². The number of imidazole rings is 1. The summed E-state index contributed by atoms with van der Waals surface area (Å²) in [5.41, 5.74) is 1.21. The number of aromatic nitrogens is 2. The van der Waals surface area contributed by atoms with Gasteiger partial charge in [0.2, 0.25) is 0 Å². The molecule has 0 saturated heterocycles. The molecule has 116 valence electrons. The van der Waals surface area contributed by atoms with Gasteiger partial charge in [-0.1, -0.05) is 30.7 Å². The van der Waals surface area contributed by atoms with E-state index in [1.807, 2.05) is 54.8 Å². The van der Waals surface area contributed by atoms with Crippen LogP contribution in [-0.4, -0.2) is 22.1 Å². The zero-order chi connectivity index (χ0) is 16.1. The summed E-state index contributed by atoms with van der Waals surface area (Å²) >= 11 is 5.94. The van der Waals surface area contributed by atoms with Gasteiger partial charge in [0.15, 0.2) is 5.69 Å². The van der Waals surface area contributed by atoms with Crippen LogP contribution in [0.3, 0.4) is 0 Å². The number of allylic oxidation sites excluding steroid dienone is 2. The van der Waals surface area contributed by atoms with E-state index >= 15 is 0 Å². The Balaban J connectivity index is 2.49. The van der Waals surface area contributed by atoms with E-state index < -0.39 is 5.97 Å². The normalized spacial score (nSPS) is 12.5. The van der Waals surface area contributed by atoms with Gasteiger partial charge in [-0.05, 0) is 38.1 Å². The first-order valence-electron chi connectivity index (χ1n) is 7.22. The van der Waals surface area contributed by atoms with Crippen molar-refractivity contribution in [2.45, 2.75) is 26.7 Å². The first-order chi connectivity index (χ1) is 10.6. The molecule has 0 fully saturated rings. The second-order valence-electron chi connectivity index (χ2n) is 4.87. The third kappa shape index (κ3) is 3.57. The van der Waals surface area contributed by atoms with E-state index in [1.165, 1.54) is 0 Å². The minimum absolute atomic E-state index is 0.0730. The maximum Gasteiger partial charge on any atom is 0.358 e. The van der Waals surface area contributed by atoms with Crippen molar-refractivity contribution in [1.82, 2.24) is 9.55 Å². The van der Waals surface area contributed by atoms with Crippen LogP contribution in [0.15, 0.2) is 42.6 Å². The highest BCUT2D eigenvalue weighted by molar-refractivity contribution is 6.30. The molecule has 0 aliphatic rings. The van der Waals surface area contributed by atoms with Crippen LogP contribution in [-0.2, 0) is 4.74 Å². The molecular weight excluding hydrogens is 300 g/mol. The average Bonchev–Trinajstić information content (AvgIpc) is 2.94. The van der Waals surface area contributed by atoms with Crippen LogP contribution in [0.5, 0.6) is 0 Å². The lowest BCUT2D eigenvalue weighted by atomic mass is 10.1. The molecule has 4 nitrogen and oxygen atoms in total. The highest BCUT2D eigenvalue weighted by Crippen LogP contribution is 2.22. The number of nitrogens with zero attached hydrogens (tertiary/aromatic N) is 2. The molecule has 0 saturated carbocycles. The second kappa shape index (κ2) is 7.27. The van der Waals surface area contributed by atoms with Gasteiger partial charge >= 0.3 is 5.97 Å². The Hall–Kier alpha value is -2.07. The number of halogens is 1. The van der Waals surface area contributed by atoms with Crippen LogP contribution in [0.4, 0.5) is 0 Å². The highest BCUT2D eigenvalue weighted by Gasteiger charge is 2.18. The Morgan fingerprint density at radius 2 is 2.09 bits per heavy atom. The van der Waals surface area contributed by atoms with E-state index in [4.69, 9.17) is 16.3 Å². The van der Waals surface area contributed by atoms with Crippen molar-refractivity contribution < 1.29 is 9.53 Å². The summed E-state index contributed by atoms with van der Waals surface area (Å²) < 4.78 is 6.93. The summed E-state index contributed by atoms with van der Waals surface area (Å²) in [6, 6.07) is 7.41. The molecule has 2 aromatic rings. The lowest BCUT2D eigenvalue weighted by Crippen LogP contribution is -2.05. The van der Waals surface area contributed by atoms with Gasteiger partial charge in [-0.15, -0.1) is 0 Å². The van der Waals surface area contributed by atoms with Crippen molar-refractivity contribution in [3.63, 3.8) is 0 Å². The molecule has 0 bridgehead atoms. The number of rotatable bonds is 5. The zero-order valence-corrected chi connectivity index (χ0v) is 13.7. The predicted molar refractivity (Wildman–Crippen MR) is 87.8 cm³/mol. The molecule has 2 rings (SSSR count). The van der Waals surface area contributed by atoms with Gasteiger partial charge in [0.05, 0.1) is 6.61 Å². The first kappa shape index (κ1) is 16.3. The first-order valence-corrected chi connectivity index (χ1v) is 7.59. The number of hydrogen-bond donors (Lipinski definition) is 0. The molecule has 5 heteroatoms. The van der Waals surface area contributed by atoms with Crippen LogP contribution in [0, 0.1) is 0 Å². The summed E-state index contributed by atoms with van der Waals surface area (Å²) in [7, 11) is 0. The molecule has 1 heterocycles. The number of hydrogen-bond acceptors (Lipinski definition) is 3. The van der Waals surface area contributed by atoms with Crippen molar-refractivity contribution in [1.29, 1.82) is 0 Å². The molecule has 1 atom stereocenters. The molecule has 0 aliphatic heterocycles. The highest BCUT2D eigenvalue weighted by atomic mass is 35.5. The number of carbonyl (C=O) groups excluding carboxylic acids is 1. The van der Waals surface area contributed by atoms with Crippen molar-refractivity contribution in [3.8, 4) is 5.69 Å². The second-order valence-corrected chi connectivity index (χ2v) is 5.30. The van der Waals surface area contributed by atoms with Gasteiger partial charge in [0, 0.05) is 22.8 Å². The molecule has 0 amide bonds. The fraction of sp³-hybridized carbons (Fsp3) is 0.294. The SMILES string of the molecule is C/C=C\C(C)c1nc(C(=O)OCC)cn1-c1ccc(Cl)cc1. The molecule has 0 aliphatic carbocycles. The van der Waals surface area contributed by atoms with Gasteiger partial charge < -0.3 is 9.30 Å². The Kier molecular flexibility index (Phi) is 5.39. The molecule has 1 aromatic carbocycles. The van der Waals surface area contributed by atoms with Crippen molar-refractivity contribution >= 4 is 17.6 Å². The molecular formula is C17H19ClN2O2. The summed E-state index contributed by atoms with van der Waals surface area (Å²) in [5.74, 6) is 0.441. The fourth-order valence-electron chi connectivity index (χ4n) is 2.20. The van der Waals surface area contributed by atoms with Gasteiger partial charge in [-0.25, -0.2) is 9.78 Å². The average molecular weight is 319 g/mol. The van der Waals surface area contributed by atoms with Gasteiger partial charge in [0.1, 0.15) is 5.82 Å². The molecule has 1 unspecified atom stereocenters. The lowest BCUT2D eigenvalue weighted by molar-refractivity contribution is 0.0520. The van der Waals surface area contributed by atoms with Crippen LogP contribution < -0.4 is 0 Å². The van der Waals surface area contributed by atoms with E-state index in [0.29, 0.717) is 17.3 Å². The standard InChI is InChI=1S/C17H19ClN2O2/c1-4-6-12(3)16-19-15(17(21)22-5-2)11-20(16)14-9-7-13(18)8-10-14/h4,6-12H,5H2,1-3H3/b6-4-. The van der Waals surface area contributed by atoms with E-state index in [9.17, 15) is 4.79 Å². The van der Waals surface area contributed by atoms with Crippen molar-refractivity contribution in [2.75, 3.05) is 6.61 Å². The number of ether oxygens (including phenoxy) is 1. The van der Waals surface area contributed by atoms with Crippen LogP contribution in [0.1, 0.15) is 43.0 Å². The minimum atomic E-state index is -0.413. The van der Waals surface area contributed by atoms with E-state index in [0.717, 1.165) is 11.5 Å². The number of esters is 1. The van der Waals surface area contributed by atoms with Crippen LogP contribution >= 0.6 is 11.6 Å². The van der Waals surface area contributed by atoms with Crippen LogP contribution in [0.25, 0.3) is 5.69 Å². The third-order valence-electron chi connectivity index (χ3n) is 3.21. The Bertz CT molecular complexity index is 674. The van der Waals surface area contributed by atoms with Gasteiger partial charge in [0.25, 0.3) is 0 Å². The number of carbonyl (C=O) groups is 1. The van der Waals surface area contributed by atoms with Gasteiger partial charge in [-0.3, -0.25) is 0 Å². The maximum atomic E-state index is 11.9. The minimum Gasteiger partial charge on any atom is -0.461 e. The molecule has 0 spiro atoms. The zero-order valence-electron chi connectivity index (χ0n) is 12.9. The topological polar surface area (TPSA) is 44.1 Å². The third-order valence-corrected chi connectivity index (χ3v) is 3.46. The fourth-order valence-corrected chi connectivity index (χ4v) is 2.33.